The van der Waals surface area contributed by atoms with Crippen LogP contribution in [0.25, 0.3) is 0 Å². The van der Waals surface area contributed by atoms with Gasteiger partial charge in [-0.25, -0.2) is 0 Å². The van der Waals surface area contributed by atoms with Crippen LogP contribution >= 0.6 is 0 Å². The molecular formula is C12H17NO4. The molecule has 0 aliphatic carbocycles. The van der Waals surface area contributed by atoms with Crippen molar-refractivity contribution in [3.8, 4) is 11.5 Å². The van der Waals surface area contributed by atoms with E-state index in [2.05, 4.69) is 5.32 Å². The molecule has 5 heteroatoms. The molecule has 0 bridgehead atoms. The molecule has 0 heterocycles. The minimum absolute atomic E-state index is 0.226. The fourth-order valence-corrected chi connectivity index (χ4v) is 1.24. The second kappa shape index (κ2) is 6.10. The zero-order valence-corrected chi connectivity index (χ0v) is 10.4. The third-order valence-corrected chi connectivity index (χ3v) is 2.39. The quantitative estimate of drug-likeness (QED) is 0.849. The van der Waals surface area contributed by atoms with Gasteiger partial charge in [-0.1, -0.05) is 0 Å². The molecule has 0 saturated carbocycles. The molecule has 0 saturated heterocycles. The zero-order valence-electron chi connectivity index (χ0n) is 10.4. The van der Waals surface area contributed by atoms with Gasteiger partial charge in [0.1, 0.15) is 17.6 Å². The van der Waals surface area contributed by atoms with Gasteiger partial charge in [0.15, 0.2) is 0 Å². The summed E-state index contributed by atoms with van der Waals surface area (Å²) < 4.78 is 15.2. The molecular weight excluding hydrogens is 222 g/mol. The van der Waals surface area contributed by atoms with Crippen molar-refractivity contribution < 1.29 is 19.0 Å². The summed E-state index contributed by atoms with van der Waals surface area (Å²) in [5.41, 5.74) is 0.585. The van der Waals surface area contributed by atoms with E-state index in [0.29, 0.717) is 17.2 Å². The van der Waals surface area contributed by atoms with Crippen molar-refractivity contribution in [3.63, 3.8) is 0 Å². The number of ether oxygens (including phenoxy) is 3. The first-order chi connectivity index (χ1) is 8.12. The van der Waals surface area contributed by atoms with Crippen LogP contribution in [0.5, 0.6) is 11.5 Å². The predicted molar refractivity (Wildman–Crippen MR) is 64.6 cm³/mol. The van der Waals surface area contributed by atoms with Crippen molar-refractivity contribution in [2.75, 3.05) is 26.6 Å². The molecule has 0 fully saturated rings. The van der Waals surface area contributed by atoms with Gasteiger partial charge in [-0.15, -0.1) is 0 Å². The second-order valence-electron chi connectivity index (χ2n) is 3.43. The van der Waals surface area contributed by atoms with E-state index in [4.69, 9.17) is 14.2 Å². The number of anilines is 1. The van der Waals surface area contributed by atoms with Crippen LogP contribution in [-0.4, -0.2) is 33.3 Å². The van der Waals surface area contributed by atoms with Crippen LogP contribution in [0.15, 0.2) is 18.2 Å². The molecule has 0 aliphatic heterocycles. The number of rotatable bonds is 5. The molecule has 94 valence electrons. The molecule has 1 unspecified atom stereocenters. The van der Waals surface area contributed by atoms with E-state index < -0.39 is 6.10 Å². The van der Waals surface area contributed by atoms with Gasteiger partial charge in [0.25, 0.3) is 5.91 Å². The van der Waals surface area contributed by atoms with Gasteiger partial charge in [0, 0.05) is 13.2 Å². The van der Waals surface area contributed by atoms with Gasteiger partial charge in [0.05, 0.1) is 19.9 Å². The highest BCUT2D eigenvalue weighted by Crippen LogP contribution is 2.29. The first-order valence-electron chi connectivity index (χ1n) is 5.18. The van der Waals surface area contributed by atoms with Gasteiger partial charge < -0.3 is 19.5 Å². The Morgan fingerprint density at radius 3 is 2.47 bits per heavy atom. The van der Waals surface area contributed by atoms with Crippen LogP contribution in [-0.2, 0) is 9.53 Å². The van der Waals surface area contributed by atoms with E-state index in [1.807, 2.05) is 0 Å². The van der Waals surface area contributed by atoms with Gasteiger partial charge in [-0.2, -0.15) is 0 Å². The van der Waals surface area contributed by atoms with Crippen LogP contribution in [0.3, 0.4) is 0 Å². The third-order valence-electron chi connectivity index (χ3n) is 2.39. The van der Waals surface area contributed by atoms with E-state index >= 15 is 0 Å². The number of carbonyl (C=O) groups is 1. The Balaban J connectivity index is 2.87. The monoisotopic (exact) mass is 239 g/mol. The Hall–Kier alpha value is -1.75. The SMILES string of the molecule is COc1ccc(NC(=O)C(C)OC)c(OC)c1. The zero-order chi connectivity index (χ0) is 12.8. The van der Waals surface area contributed by atoms with Gasteiger partial charge in [-0.05, 0) is 19.1 Å². The van der Waals surface area contributed by atoms with Crippen LogP contribution in [0.4, 0.5) is 5.69 Å². The van der Waals surface area contributed by atoms with Crippen LogP contribution < -0.4 is 14.8 Å². The van der Waals surface area contributed by atoms with Crippen molar-refractivity contribution in [3.05, 3.63) is 18.2 Å². The normalized spacial score (nSPS) is 11.8. The average molecular weight is 239 g/mol. The maximum absolute atomic E-state index is 11.6. The number of benzene rings is 1. The van der Waals surface area contributed by atoms with Crippen molar-refractivity contribution in [2.24, 2.45) is 0 Å². The lowest BCUT2D eigenvalue weighted by molar-refractivity contribution is -0.124. The summed E-state index contributed by atoms with van der Waals surface area (Å²) in [6.45, 7) is 1.67. The van der Waals surface area contributed by atoms with E-state index in [0.717, 1.165) is 0 Å². The highest BCUT2D eigenvalue weighted by Gasteiger charge is 2.14. The first kappa shape index (κ1) is 13.3. The summed E-state index contributed by atoms with van der Waals surface area (Å²) >= 11 is 0. The highest BCUT2D eigenvalue weighted by molar-refractivity contribution is 5.95. The summed E-state index contributed by atoms with van der Waals surface area (Å²) in [7, 11) is 4.58. The van der Waals surface area contributed by atoms with Crippen LogP contribution in [0, 0.1) is 0 Å². The van der Waals surface area contributed by atoms with Gasteiger partial charge in [0.2, 0.25) is 0 Å². The van der Waals surface area contributed by atoms with Crippen molar-refractivity contribution >= 4 is 11.6 Å². The van der Waals surface area contributed by atoms with Crippen molar-refractivity contribution in [2.45, 2.75) is 13.0 Å². The molecule has 0 aliphatic rings. The minimum atomic E-state index is -0.512. The molecule has 1 N–H and O–H groups in total. The van der Waals surface area contributed by atoms with Crippen molar-refractivity contribution in [1.82, 2.24) is 0 Å². The Bertz CT molecular complexity index is 392. The molecule has 0 spiro atoms. The summed E-state index contributed by atoms with van der Waals surface area (Å²) in [5, 5.41) is 2.72. The predicted octanol–water partition coefficient (Wildman–Crippen LogP) is 1.68. The summed E-state index contributed by atoms with van der Waals surface area (Å²) in [6.07, 6.45) is -0.512. The Labute approximate surface area is 101 Å². The fourth-order valence-electron chi connectivity index (χ4n) is 1.24. The molecule has 1 aromatic rings. The van der Waals surface area contributed by atoms with E-state index in [1.54, 1.807) is 32.2 Å². The lowest BCUT2D eigenvalue weighted by atomic mass is 10.2. The molecule has 1 rings (SSSR count). The minimum Gasteiger partial charge on any atom is -0.497 e. The molecule has 0 aromatic heterocycles. The number of nitrogens with one attached hydrogen (secondary N) is 1. The Morgan fingerprint density at radius 2 is 1.94 bits per heavy atom. The van der Waals surface area contributed by atoms with Gasteiger partial charge >= 0.3 is 0 Å². The van der Waals surface area contributed by atoms with E-state index in [9.17, 15) is 4.79 Å². The Kier molecular flexibility index (Phi) is 4.78. The summed E-state index contributed by atoms with van der Waals surface area (Å²) in [5.74, 6) is 0.983. The smallest absolute Gasteiger partial charge is 0.253 e. The number of carbonyl (C=O) groups excluding carboxylic acids is 1. The van der Waals surface area contributed by atoms with Crippen LogP contribution in [0.1, 0.15) is 6.92 Å². The standard InChI is InChI=1S/C12H17NO4/c1-8(15-2)12(14)13-10-6-5-9(16-3)7-11(10)17-4/h5-8H,1-4H3,(H,13,14). The molecule has 1 amide bonds. The van der Waals surface area contributed by atoms with E-state index in [1.165, 1.54) is 14.2 Å². The number of amides is 1. The average Bonchev–Trinajstić information content (AvgIpc) is 2.37. The van der Waals surface area contributed by atoms with Crippen LogP contribution in [0.2, 0.25) is 0 Å². The lowest BCUT2D eigenvalue weighted by Gasteiger charge is -2.14. The maximum atomic E-state index is 11.6. The summed E-state index contributed by atoms with van der Waals surface area (Å²) in [4.78, 5) is 11.6. The van der Waals surface area contributed by atoms with Gasteiger partial charge in [-0.3, -0.25) is 4.79 Å². The summed E-state index contributed by atoms with van der Waals surface area (Å²) in [6, 6.07) is 5.17. The molecule has 17 heavy (non-hydrogen) atoms. The maximum Gasteiger partial charge on any atom is 0.253 e. The first-order valence-corrected chi connectivity index (χ1v) is 5.18. The molecule has 1 atom stereocenters. The number of hydrogen-bond donors (Lipinski definition) is 1. The number of methoxy groups -OCH3 is 3. The number of hydrogen-bond acceptors (Lipinski definition) is 4. The highest BCUT2D eigenvalue weighted by atomic mass is 16.5. The van der Waals surface area contributed by atoms with Crippen molar-refractivity contribution in [1.29, 1.82) is 0 Å². The molecule has 0 radical (unpaired) electrons. The topological polar surface area (TPSA) is 56.8 Å². The fraction of sp³-hybridized carbons (Fsp3) is 0.417. The molecule has 5 nitrogen and oxygen atoms in total. The third kappa shape index (κ3) is 3.35. The largest absolute Gasteiger partial charge is 0.497 e. The second-order valence-corrected chi connectivity index (χ2v) is 3.43. The van der Waals surface area contributed by atoms with E-state index in [-0.39, 0.29) is 5.91 Å². The lowest BCUT2D eigenvalue weighted by Crippen LogP contribution is -2.26. The molecule has 1 aromatic carbocycles. The Morgan fingerprint density at radius 1 is 1.24 bits per heavy atom.